The Bertz CT molecular complexity index is 1980. The Balaban J connectivity index is 1.34. The second-order valence-corrected chi connectivity index (χ2v) is 14.0. The summed E-state index contributed by atoms with van der Waals surface area (Å²) < 4.78 is 54.4. The van der Waals surface area contributed by atoms with E-state index in [1.54, 1.807) is 6.08 Å². The molecule has 1 aromatic heterocycles. The zero-order chi connectivity index (χ0) is 35.4. The van der Waals surface area contributed by atoms with Crippen LogP contribution in [0, 0.1) is 23.6 Å². The number of phenolic OH excluding ortho intramolecular Hbond substituents is 1. The lowest BCUT2D eigenvalue weighted by Crippen LogP contribution is -2.60. The fraction of sp³-hybridized carbons (Fsp3) is 0.303. The summed E-state index contributed by atoms with van der Waals surface area (Å²) in [4.78, 5) is 56.7. The molecule has 0 unspecified atom stereocenters. The Kier molecular flexibility index (Phi) is 7.58. The van der Waals surface area contributed by atoms with Gasteiger partial charge in [0.2, 0.25) is 0 Å². The van der Waals surface area contributed by atoms with Crippen molar-refractivity contribution in [3.63, 3.8) is 0 Å². The quantitative estimate of drug-likeness (QED) is 0.147. The molecule has 4 aliphatic rings. The molecule has 1 N–H and O–H groups in total. The summed E-state index contributed by atoms with van der Waals surface area (Å²) >= 11 is 20.8. The molecule has 9 nitrogen and oxygen atoms in total. The van der Waals surface area contributed by atoms with Gasteiger partial charge in [-0.1, -0.05) is 35.4 Å². The van der Waals surface area contributed by atoms with Crippen molar-refractivity contribution < 1.29 is 41.8 Å². The number of phenols is 1. The summed E-state index contributed by atoms with van der Waals surface area (Å²) in [6.45, 7) is 0. The number of fused-ring (bicyclic) bond motifs is 4. The number of rotatable bonds is 4. The lowest BCUT2D eigenvalue weighted by Gasteiger charge is -2.50. The van der Waals surface area contributed by atoms with E-state index in [0.717, 1.165) is 28.1 Å². The van der Waals surface area contributed by atoms with Crippen LogP contribution in [0.4, 0.5) is 29.1 Å². The number of halogens is 7. The van der Waals surface area contributed by atoms with Gasteiger partial charge in [-0.25, -0.2) is 14.3 Å². The molecule has 254 valence electrons. The van der Waals surface area contributed by atoms with Crippen LogP contribution in [0.5, 0.6) is 5.75 Å². The largest absolute Gasteiger partial charge is 0.508 e. The summed E-state index contributed by atoms with van der Waals surface area (Å²) in [7, 11) is 1.18. The highest BCUT2D eigenvalue weighted by Gasteiger charge is 2.76. The average Bonchev–Trinajstić information content (AvgIpc) is 3.39. The Hall–Kier alpha value is -4.20. The van der Waals surface area contributed by atoms with Crippen molar-refractivity contribution >= 4 is 69.9 Å². The lowest BCUT2D eigenvalue weighted by atomic mass is 9.56. The summed E-state index contributed by atoms with van der Waals surface area (Å²) in [6, 6.07) is 11.9. The minimum absolute atomic E-state index is 0.00974. The number of alkyl halides is 5. The Morgan fingerprint density at radius 3 is 2.20 bits per heavy atom. The number of aromatic nitrogens is 1. The number of pyridine rings is 1. The van der Waals surface area contributed by atoms with Crippen molar-refractivity contribution in [3.8, 4) is 5.75 Å². The Morgan fingerprint density at radius 2 is 1.57 bits per heavy atom. The van der Waals surface area contributed by atoms with Gasteiger partial charge in [-0.05, 0) is 72.9 Å². The van der Waals surface area contributed by atoms with Crippen LogP contribution in [0.15, 0.2) is 72.3 Å². The predicted octanol–water partition coefficient (Wildman–Crippen LogP) is 6.21. The molecule has 49 heavy (non-hydrogen) atoms. The third-order valence-corrected chi connectivity index (χ3v) is 11.5. The molecule has 0 spiro atoms. The molecule has 2 aliphatic carbocycles. The van der Waals surface area contributed by atoms with E-state index in [2.05, 4.69) is 4.98 Å². The second kappa shape index (κ2) is 11.2. The van der Waals surface area contributed by atoms with Gasteiger partial charge in [0.1, 0.15) is 17.3 Å². The number of imide groups is 2. The molecule has 2 aliphatic heterocycles. The molecule has 2 saturated heterocycles. The summed E-state index contributed by atoms with van der Waals surface area (Å²) in [5.41, 5.74) is -0.461. The number of hydrogen-bond acceptors (Lipinski definition) is 7. The normalized spacial score (nSPS) is 29.5. The maximum absolute atomic E-state index is 14.3. The first kappa shape index (κ1) is 33.3. The van der Waals surface area contributed by atoms with Crippen LogP contribution in [0.1, 0.15) is 30.0 Å². The van der Waals surface area contributed by atoms with E-state index in [1.165, 1.54) is 43.4 Å². The van der Waals surface area contributed by atoms with Gasteiger partial charge in [-0.3, -0.25) is 24.2 Å². The van der Waals surface area contributed by atoms with Gasteiger partial charge in [-0.15, -0.1) is 23.2 Å². The minimum atomic E-state index is -4.84. The van der Waals surface area contributed by atoms with Crippen LogP contribution >= 0.6 is 34.8 Å². The second-order valence-electron chi connectivity index (χ2n) is 12.4. The molecule has 1 saturated carbocycles. The fourth-order valence-electron chi connectivity index (χ4n) is 7.63. The van der Waals surface area contributed by atoms with Gasteiger partial charge in [0, 0.05) is 13.0 Å². The van der Waals surface area contributed by atoms with E-state index >= 15 is 0 Å². The van der Waals surface area contributed by atoms with E-state index in [-0.39, 0.29) is 29.3 Å². The van der Waals surface area contributed by atoms with Gasteiger partial charge in [-0.2, -0.15) is 18.2 Å². The Morgan fingerprint density at radius 1 is 0.918 bits per heavy atom. The van der Waals surface area contributed by atoms with Crippen LogP contribution < -0.4 is 9.91 Å². The monoisotopic (exact) mass is 736 g/mol. The number of amides is 4. The van der Waals surface area contributed by atoms with Crippen molar-refractivity contribution in [2.24, 2.45) is 17.8 Å². The molecule has 2 aromatic carbocycles. The molecular formula is C33H23Cl3F4N4O5. The molecule has 0 radical (unpaired) electrons. The minimum Gasteiger partial charge on any atom is -0.508 e. The number of anilines is 2. The molecule has 7 rings (SSSR count). The first-order chi connectivity index (χ1) is 23.0. The van der Waals surface area contributed by atoms with Crippen LogP contribution in [0.3, 0.4) is 0 Å². The van der Waals surface area contributed by atoms with Crippen molar-refractivity contribution in [1.29, 1.82) is 0 Å². The van der Waals surface area contributed by atoms with Crippen molar-refractivity contribution in [1.82, 2.24) is 9.99 Å². The maximum atomic E-state index is 14.3. The highest BCUT2D eigenvalue weighted by Crippen LogP contribution is 2.66. The number of benzene rings is 2. The topological polar surface area (TPSA) is 111 Å². The van der Waals surface area contributed by atoms with Crippen LogP contribution in [0.25, 0.3) is 0 Å². The lowest BCUT2D eigenvalue weighted by molar-refractivity contribution is -0.141. The summed E-state index contributed by atoms with van der Waals surface area (Å²) in [5, 5.41) is 11.3. The number of nitrogens with zero attached hydrogens (tertiary/aromatic N) is 4. The third-order valence-electron chi connectivity index (χ3n) is 9.82. The van der Waals surface area contributed by atoms with Gasteiger partial charge in [0.05, 0.1) is 22.5 Å². The summed E-state index contributed by atoms with van der Waals surface area (Å²) in [5.74, 6) is -8.85. The number of hydrazine groups is 1. The van der Waals surface area contributed by atoms with Gasteiger partial charge >= 0.3 is 6.18 Å². The zero-order valence-electron chi connectivity index (χ0n) is 25.1. The van der Waals surface area contributed by atoms with E-state index in [0.29, 0.717) is 22.2 Å². The maximum Gasteiger partial charge on any atom is 0.433 e. The van der Waals surface area contributed by atoms with Gasteiger partial charge in [0.15, 0.2) is 15.6 Å². The highest BCUT2D eigenvalue weighted by molar-refractivity contribution is 6.58. The standard InChI is InChI=1S/C33H23Cl3F4N4O5/c1-42(26-22(34)12-13-23(41-26)33(38,39)40)44-27(46)20-11-10-19-21(24(20)28(44)47)14-31(35)29(48)43(17-6-4-16(37)5-7-17)30(49)32(31,36)25(19)15-2-8-18(45)9-3-15/h2-10,12-13,20-21,24-25,45H,11,14H2,1H3/t20-,21+,24-,25-,31+,32-/m0/s1. The zero-order valence-corrected chi connectivity index (χ0v) is 27.4. The van der Waals surface area contributed by atoms with E-state index in [4.69, 9.17) is 34.8 Å². The molecular weight excluding hydrogens is 715 g/mol. The predicted molar refractivity (Wildman–Crippen MR) is 169 cm³/mol. The number of hydrogen-bond donors (Lipinski definition) is 1. The first-order valence-electron chi connectivity index (χ1n) is 14.9. The average molecular weight is 738 g/mol. The van der Waals surface area contributed by atoms with Crippen molar-refractivity contribution in [2.45, 2.75) is 34.7 Å². The third kappa shape index (κ3) is 4.69. The number of carbonyl (C=O) groups is 4. The fourth-order valence-corrected chi connectivity index (χ4v) is 8.79. The first-order valence-corrected chi connectivity index (χ1v) is 16.0. The van der Waals surface area contributed by atoms with E-state index in [9.17, 15) is 41.8 Å². The van der Waals surface area contributed by atoms with Gasteiger partial charge in [0.25, 0.3) is 23.6 Å². The van der Waals surface area contributed by atoms with Gasteiger partial charge < -0.3 is 5.11 Å². The number of allylic oxidation sites excluding steroid dienone is 2. The number of aromatic hydroxyl groups is 1. The number of carbonyl (C=O) groups excluding carboxylic acids is 4. The van der Waals surface area contributed by atoms with E-state index < -0.39 is 80.6 Å². The van der Waals surface area contributed by atoms with Crippen molar-refractivity contribution in [3.05, 3.63) is 94.4 Å². The molecule has 4 amide bonds. The van der Waals surface area contributed by atoms with Crippen LogP contribution in [0.2, 0.25) is 5.02 Å². The van der Waals surface area contributed by atoms with Crippen molar-refractivity contribution in [2.75, 3.05) is 17.0 Å². The molecule has 3 heterocycles. The molecule has 6 atom stereocenters. The molecule has 3 aromatic rings. The smallest absolute Gasteiger partial charge is 0.433 e. The molecule has 16 heteroatoms. The SMILES string of the molecule is CN(c1nc(C(F)(F)F)ccc1Cl)N1C(=O)[C@H]2[C@H](CC=C3[C@H]2C[C@@]2(Cl)C(=O)N(c4ccc(F)cc4)C(=O)[C@@]2(Cl)[C@H]3c2ccc(O)cc2)C1=O. The molecule has 3 fully saturated rings. The van der Waals surface area contributed by atoms with E-state index in [1.807, 2.05) is 0 Å². The Labute approximate surface area is 290 Å². The van der Waals surface area contributed by atoms with Crippen LogP contribution in [-0.4, -0.2) is 55.5 Å². The van der Waals surface area contributed by atoms with Crippen LogP contribution in [-0.2, 0) is 25.4 Å². The highest BCUT2D eigenvalue weighted by atomic mass is 35.5. The molecule has 0 bridgehead atoms. The summed E-state index contributed by atoms with van der Waals surface area (Å²) in [6.07, 6.45) is -3.56.